The summed E-state index contributed by atoms with van der Waals surface area (Å²) in [7, 11) is 3.23. The lowest BCUT2D eigenvalue weighted by molar-refractivity contribution is -0.124. The van der Waals surface area contributed by atoms with Crippen LogP contribution >= 0.6 is 0 Å². The van der Waals surface area contributed by atoms with Gasteiger partial charge in [0.25, 0.3) is 0 Å². The molecule has 0 spiro atoms. The van der Waals surface area contributed by atoms with Crippen LogP contribution in [-0.4, -0.2) is 38.5 Å². The molecule has 4 atom stereocenters. The van der Waals surface area contributed by atoms with Crippen LogP contribution in [0, 0.1) is 0 Å². The lowest BCUT2D eigenvalue weighted by Gasteiger charge is -2.46. The van der Waals surface area contributed by atoms with Gasteiger partial charge in [0.05, 0.1) is 12.1 Å². The standard InChI is InChI=1S/C6H14N2O2/c1-9-5-3(7)4(8)6(5)10-2/h3-6H,7-8H2,1-2H3. The van der Waals surface area contributed by atoms with Crippen molar-refractivity contribution >= 4 is 0 Å². The van der Waals surface area contributed by atoms with Crippen molar-refractivity contribution in [2.24, 2.45) is 11.5 Å². The quantitative estimate of drug-likeness (QED) is 0.507. The summed E-state index contributed by atoms with van der Waals surface area (Å²) < 4.78 is 10.1. The zero-order valence-corrected chi connectivity index (χ0v) is 6.28. The molecule has 4 N–H and O–H groups in total. The molecule has 0 saturated heterocycles. The predicted octanol–water partition coefficient (Wildman–Crippen LogP) is -1.32. The largest absolute Gasteiger partial charge is 0.377 e. The molecule has 0 aromatic rings. The van der Waals surface area contributed by atoms with Crippen LogP contribution in [0.25, 0.3) is 0 Å². The molecule has 0 amide bonds. The van der Waals surface area contributed by atoms with Crippen molar-refractivity contribution in [2.75, 3.05) is 14.2 Å². The lowest BCUT2D eigenvalue weighted by Crippen LogP contribution is -2.72. The third-order valence-corrected chi connectivity index (χ3v) is 2.07. The van der Waals surface area contributed by atoms with Crippen LogP contribution < -0.4 is 11.5 Å². The van der Waals surface area contributed by atoms with E-state index in [2.05, 4.69) is 0 Å². The molecular formula is C6H14N2O2. The first-order valence-corrected chi connectivity index (χ1v) is 3.29. The van der Waals surface area contributed by atoms with E-state index in [0.29, 0.717) is 0 Å². The van der Waals surface area contributed by atoms with Crippen molar-refractivity contribution < 1.29 is 9.47 Å². The average Bonchev–Trinajstić information content (AvgIpc) is 1.97. The van der Waals surface area contributed by atoms with E-state index < -0.39 is 0 Å². The predicted molar refractivity (Wildman–Crippen MR) is 37.5 cm³/mol. The van der Waals surface area contributed by atoms with Gasteiger partial charge in [-0.05, 0) is 0 Å². The fourth-order valence-corrected chi connectivity index (χ4v) is 1.31. The summed E-state index contributed by atoms with van der Waals surface area (Å²) in [6.07, 6.45) is -0.0556. The van der Waals surface area contributed by atoms with Crippen molar-refractivity contribution in [1.29, 1.82) is 0 Å². The molecule has 60 valence electrons. The van der Waals surface area contributed by atoms with E-state index in [1.165, 1.54) is 0 Å². The Bertz CT molecular complexity index is 106. The second-order valence-electron chi connectivity index (χ2n) is 2.56. The molecule has 1 saturated carbocycles. The summed E-state index contributed by atoms with van der Waals surface area (Å²) in [5, 5.41) is 0. The summed E-state index contributed by atoms with van der Waals surface area (Å²) in [5.41, 5.74) is 11.2. The number of nitrogens with two attached hydrogens (primary N) is 2. The normalized spacial score (nSPS) is 46.8. The first-order chi connectivity index (χ1) is 4.72. The van der Waals surface area contributed by atoms with Gasteiger partial charge < -0.3 is 20.9 Å². The van der Waals surface area contributed by atoms with Gasteiger partial charge in [-0.1, -0.05) is 0 Å². The molecule has 0 bridgehead atoms. The highest BCUT2D eigenvalue weighted by molar-refractivity contribution is 5.06. The highest BCUT2D eigenvalue weighted by Crippen LogP contribution is 2.23. The topological polar surface area (TPSA) is 70.5 Å². The van der Waals surface area contributed by atoms with E-state index in [-0.39, 0.29) is 24.3 Å². The SMILES string of the molecule is COC1C(N)C(N)C1OC. The first-order valence-electron chi connectivity index (χ1n) is 3.29. The van der Waals surface area contributed by atoms with Gasteiger partial charge in [0, 0.05) is 14.2 Å². The van der Waals surface area contributed by atoms with E-state index in [9.17, 15) is 0 Å². The average molecular weight is 146 g/mol. The Morgan fingerprint density at radius 1 is 0.900 bits per heavy atom. The molecule has 0 aromatic carbocycles. The van der Waals surface area contributed by atoms with E-state index in [4.69, 9.17) is 20.9 Å². The minimum Gasteiger partial charge on any atom is -0.377 e. The Hall–Kier alpha value is -0.160. The van der Waals surface area contributed by atoms with Crippen LogP contribution in [0.4, 0.5) is 0 Å². The maximum absolute atomic E-state index is 5.61. The Labute approximate surface area is 60.5 Å². The Kier molecular flexibility index (Phi) is 2.25. The van der Waals surface area contributed by atoms with Crippen molar-refractivity contribution in [1.82, 2.24) is 0 Å². The summed E-state index contributed by atoms with van der Waals surface area (Å²) >= 11 is 0. The third-order valence-electron chi connectivity index (χ3n) is 2.07. The molecule has 0 aromatic heterocycles. The summed E-state index contributed by atoms with van der Waals surface area (Å²) in [5.74, 6) is 0. The first kappa shape index (κ1) is 7.94. The molecule has 0 heterocycles. The van der Waals surface area contributed by atoms with Crippen LogP contribution in [0.3, 0.4) is 0 Å². The highest BCUT2D eigenvalue weighted by Gasteiger charge is 2.47. The van der Waals surface area contributed by atoms with Gasteiger partial charge in [-0.15, -0.1) is 0 Å². The number of hydrogen-bond donors (Lipinski definition) is 2. The van der Waals surface area contributed by atoms with E-state index >= 15 is 0 Å². The molecule has 0 aliphatic heterocycles. The Balaban J connectivity index is 2.44. The Morgan fingerprint density at radius 3 is 1.40 bits per heavy atom. The molecule has 4 unspecified atom stereocenters. The molecule has 1 aliphatic carbocycles. The fraction of sp³-hybridized carbons (Fsp3) is 1.00. The van der Waals surface area contributed by atoms with Gasteiger partial charge in [-0.3, -0.25) is 0 Å². The van der Waals surface area contributed by atoms with Crippen molar-refractivity contribution in [3.05, 3.63) is 0 Å². The molecular weight excluding hydrogens is 132 g/mol. The second-order valence-corrected chi connectivity index (χ2v) is 2.56. The van der Waals surface area contributed by atoms with Gasteiger partial charge in [0.15, 0.2) is 0 Å². The van der Waals surface area contributed by atoms with Gasteiger partial charge >= 0.3 is 0 Å². The molecule has 10 heavy (non-hydrogen) atoms. The van der Waals surface area contributed by atoms with Gasteiger partial charge in [-0.2, -0.15) is 0 Å². The van der Waals surface area contributed by atoms with Crippen molar-refractivity contribution in [3.8, 4) is 0 Å². The highest BCUT2D eigenvalue weighted by atomic mass is 16.5. The minimum absolute atomic E-state index is 0.0278. The monoisotopic (exact) mass is 146 g/mol. The summed E-state index contributed by atoms with van der Waals surface area (Å²) in [6.45, 7) is 0. The molecule has 0 radical (unpaired) electrons. The molecule has 1 rings (SSSR count). The molecule has 1 fully saturated rings. The zero-order valence-electron chi connectivity index (χ0n) is 6.28. The van der Waals surface area contributed by atoms with E-state index in [1.807, 2.05) is 0 Å². The number of hydrogen-bond acceptors (Lipinski definition) is 4. The molecule has 4 heteroatoms. The van der Waals surface area contributed by atoms with Gasteiger partial charge in [-0.25, -0.2) is 0 Å². The van der Waals surface area contributed by atoms with E-state index in [0.717, 1.165) is 0 Å². The number of methoxy groups -OCH3 is 2. The maximum Gasteiger partial charge on any atom is 0.101 e. The van der Waals surface area contributed by atoms with Crippen molar-refractivity contribution in [2.45, 2.75) is 24.3 Å². The van der Waals surface area contributed by atoms with E-state index in [1.54, 1.807) is 14.2 Å². The van der Waals surface area contributed by atoms with Crippen LogP contribution in [0.2, 0.25) is 0 Å². The summed E-state index contributed by atoms with van der Waals surface area (Å²) in [4.78, 5) is 0. The van der Waals surface area contributed by atoms with Crippen LogP contribution in [-0.2, 0) is 9.47 Å². The number of ether oxygens (including phenoxy) is 2. The van der Waals surface area contributed by atoms with Crippen LogP contribution in [0.5, 0.6) is 0 Å². The van der Waals surface area contributed by atoms with Crippen LogP contribution in [0.1, 0.15) is 0 Å². The number of rotatable bonds is 2. The Morgan fingerprint density at radius 2 is 1.20 bits per heavy atom. The molecule has 4 nitrogen and oxygen atoms in total. The maximum atomic E-state index is 5.61. The van der Waals surface area contributed by atoms with Crippen molar-refractivity contribution in [3.63, 3.8) is 0 Å². The minimum atomic E-state index is -0.0741. The zero-order chi connectivity index (χ0) is 7.72. The second kappa shape index (κ2) is 2.84. The lowest BCUT2D eigenvalue weighted by atomic mass is 9.81. The smallest absolute Gasteiger partial charge is 0.101 e. The summed E-state index contributed by atoms with van der Waals surface area (Å²) in [6, 6.07) is -0.148. The fourth-order valence-electron chi connectivity index (χ4n) is 1.31. The van der Waals surface area contributed by atoms with Gasteiger partial charge in [0.2, 0.25) is 0 Å². The third kappa shape index (κ3) is 0.932. The molecule has 1 aliphatic rings. The van der Waals surface area contributed by atoms with Crippen LogP contribution in [0.15, 0.2) is 0 Å². The van der Waals surface area contributed by atoms with Gasteiger partial charge in [0.1, 0.15) is 12.2 Å².